The maximum absolute atomic E-state index is 10.6. The second kappa shape index (κ2) is 11.3. The van der Waals surface area contributed by atoms with Crippen LogP contribution in [0.3, 0.4) is 0 Å². The number of ether oxygens (including phenoxy) is 1. The summed E-state index contributed by atoms with van der Waals surface area (Å²) in [5.74, 6) is 0.715. The van der Waals surface area contributed by atoms with E-state index >= 15 is 0 Å². The van der Waals surface area contributed by atoms with Crippen LogP contribution in [0.5, 0.6) is 5.88 Å². The number of halogens is 2. The van der Waals surface area contributed by atoms with Crippen molar-refractivity contribution in [2.75, 3.05) is 50.0 Å². The molecule has 10 heteroatoms. The number of piperazine rings is 1. The minimum atomic E-state index is -1.10. The summed E-state index contributed by atoms with van der Waals surface area (Å²) in [4.78, 5) is 19.5. The molecule has 4 N–H and O–H groups in total. The van der Waals surface area contributed by atoms with Gasteiger partial charge in [0.25, 0.3) is 0 Å². The van der Waals surface area contributed by atoms with Crippen molar-refractivity contribution in [2.24, 2.45) is 0 Å². The number of amides is 1. The molecule has 1 aliphatic rings. The average molecular weight is 468 g/mol. The molecule has 1 aromatic heterocycles. The van der Waals surface area contributed by atoms with Crippen LogP contribution in [0.15, 0.2) is 30.3 Å². The third-order valence-electron chi connectivity index (χ3n) is 5.18. The summed E-state index contributed by atoms with van der Waals surface area (Å²) in [5, 5.41) is 12.1. The quantitative estimate of drug-likeness (QED) is 0.482. The van der Waals surface area contributed by atoms with E-state index in [1.165, 1.54) is 0 Å². The maximum atomic E-state index is 10.6. The predicted octanol–water partition coefficient (Wildman–Crippen LogP) is 3.72. The number of hydrogen-bond donors (Lipinski definition) is 3. The number of pyridine rings is 1. The number of nitrogens with two attached hydrogens (primary N) is 1. The van der Waals surface area contributed by atoms with Crippen molar-refractivity contribution in [3.8, 4) is 5.88 Å². The fourth-order valence-corrected chi connectivity index (χ4v) is 3.86. The number of nitrogen functional groups attached to an aromatic ring is 1. The summed E-state index contributed by atoms with van der Waals surface area (Å²) < 4.78 is 5.67. The van der Waals surface area contributed by atoms with Crippen LogP contribution in [-0.4, -0.2) is 60.4 Å². The highest BCUT2D eigenvalue weighted by Crippen LogP contribution is 2.32. The highest BCUT2D eigenvalue weighted by Gasteiger charge is 2.19. The van der Waals surface area contributed by atoms with Gasteiger partial charge >= 0.3 is 6.09 Å². The molecule has 1 fully saturated rings. The number of rotatable bonds is 9. The van der Waals surface area contributed by atoms with Gasteiger partial charge in [0.2, 0.25) is 5.88 Å². The lowest BCUT2D eigenvalue weighted by molar-refractivity contribution is 0.194. The van der Waals surface area contributed by atoms with E-state index in [2.05, 4.69) is 20.1 Å². The summed E-state index contributed by atoms with van der Waals surface area (Å²) in [6.45, 7) is 5.48. The van der Waals surface area contributed by atoms with Crippen LogP contribution in [0.25, 0.3) is 0 Å². The Morgan fingerprint density at radius 2 is 1.94 bits per heavy atom. The minimum Gasteiger partial charge on any atom is -0.478 e. The van der Waals surface area contributed by atoms with Crippen LogP contribution in [0.1, 0.15) is 18.4 Å². The molecule has 3 rings (SSSR count). The summed E-state index contributed by atoms with van der Waals surface area (Å²) in [7, 11) is 0. The van der Waals surface area contributed by atoms with Gasteiger partial charge in [0.15, 0.2) is 0 Å². The van der Waals surface area contributed by atoms with Crippen molar-refractivity contribution in [3.63, 3.8) is 0 Å². The van der Waals surface area contributed by atoms with Crippen molar-refractivity contribution in [1.82, 2.24) is 15.2 Å². The predicted molar refractivity (Wildman–Crippen MR) is 123 cm³/mol. The number of unbranched alkanes of at least 4 members (excludes halogenated alkanes) is 1. The van der Waals surface area contributed by atoms with E-state index in [-0.39, 0.29) is 12.4 Å². The van der Waals surface area contributed by atoms with Gasteiger partial charge in [-0.1, -0.05) is 29.3 Å². The Bertz CT molecular complexity index is 891. The maximum Gasteiger partial charge on any atom is 0.404 e. The first kappa shape index (κ1) is 23.2. The molecule has 0 radical (unpaired) electrons. The average Bonchev–Trinajstić information content (AvgIpc) is 2.75. The largest absolute Gasteiger partial charge is 0.478 e. The summed E-state index contributed by atoms with van der Waals surface area (Å²) in [5.41, 5.74) is 7.47. The molecule has 0 aliphatic carbocycles. The van der Waals surface area contributed by atoms with Crippen molar-refractivity contribution >= 4 is 40.8 Å². The standard InChI is InChI=1S/C21H27Cl2N5O3/c22-16-4-3-5-17(19(16)23)28-11-9-27(10-12-28)8-1-2-13-31-18-7-6-15(20(24)26-18)14-25-21(29)30/h3-7,25H,1-2,8-14H2,(H2,24,26)(H,29,30). The third kappa shape index (κ3) is 6.78. The second-order valence-electron chi connectivity index (χ2n) is 7.31. The number of nitrogens with one attached hydrogen (secondary N) is 1. The van der Waals surface area contributed by atoms with Gasteiger partial charge < -0.3 is 25.8 Å². The second-order valence-corrected chi connectivity index (χ2v) is 8.09. The van der Waals surface area contributed by atoms with Gasteiger partial charge in [-0.3, -0.25) is 4.90 Å². The SMILES string of the molecule is Nc1nc(OCCCCN2CCN(c3cccc(Cl)c3Cl)CC2)ccc1CNC(=O)O. The molecule has 0 spiro atoms. The number of anilines is 2. The van der Waals surface area contributed by atoms with E-state index < -0.39 is 6.09 Å². The van der Waals surface area contributed by atoms with Crippen LogP contribution in [0.4, 0.5) is 16.3 Å². The van der Waals surface area contributed by atoms with E-state index in [0.29, 0.717) is 28.1 Å². The first-order valence-electron chi connectivity index (χ1n) is 10.2. The zero-order chi connectivity index (χ0) is 22.2. The first-order chi connectivity index (χ1) is 14.9. The smallest absolute Gasteiger partial charge is 0.404 e. The van der Waals surface area contributed by atoms with Gasteiger partial charge in [-0.15, -0.1) is 0 Å². The van der Waals surface area contributed by atoms with Crippen LogP contribution in [0.2, 0.25) is 10.0 Å². The van der Waals surface area contributed by atoms with E-state index in [1.807, 2.05) is 12.1 Å². The van der Waals surface area contributed by atoms with Crippen molar-refractivity contribution < 1.29 is 14.6 Å². The van der Waals surface area contributed by atoms with Gasteiger partial charge in [-0.05, 0) is 37.6 Å². The lowest BCUT2D eigenvalue weighted by Gasteiger charge is -2.36. The topological polar surface area (TPSA) is 104 Å². The van der Waals surface area contributed by atoms with Gasteiger partial charge in [0.05, 0.1) is 22.3 Å². The van der Waals surface area contributed by atoms with Crippen molar-refractivity contribution in [3.05, 3.63) is 45.9 Å². The van der Waals surface area contributed by atoms with E-state index in [1.54, 1.807) is 18.2 Å². The Balaban J connectivity index is 1.33. The molecule has 8 nitrogen and oxygen atoms in total. The lowest BCUT2D eigenvalue weighted by atomic mass is 10.2. The summed E-state index contributed by atoms with van der Waals surface area (Å²) in [6, 6.07) is 9.17. The van der Waals surface area contributed by atoms with Crippen LogP contribution < -0.4 is 20.7 Å². The number of benzene rings is 1. The molecule has 31 heavy (non-hydrogen) atoms. The number of aromatic nitrogens is 1. The van der Waals surface area contributed by atoms with Crippen LogP contribution in [-0.2, 0) is 6.54 Å². The molecule has 1 amide bonds. The lowest BCUT2D eigenvalue weighted by Crippen LogP contribution is -2.46. The molecule has 0 atom stereocenters. The minimum absolute atomic E-state index is 0.116. The summed E-state index contributed by atoms with van der Waals surface area (Å²) >= 11 is 12.5. The molecule has 0 saturated carbocycles. The fourth-order valence-electron chi connectivity index (χ4n) is 3.45. The van der Waals surface area contributed by atoms with Crippen molar-refractivity contribution in [2.45, 2.75) is 19.4 Å². The molecular formula is C21H27Cl2N5O3. The van der Waals surface area contributed by atoms with Crippen LogP contribution in [0, 0.1) is 0 Å². The number of carbonyl (C=O) groups is 1. The highest BCUT2D eigenvalue weighted by atomic mass is 35.5. The highest BCUT2D eigenvalue weighted by molar-refractivity contribution is 6.43. The van der Waals surface area contributed by atoms with Gasteiger partial charge in [-0.25, -0.2) is 4.79 Å². The molecule has 0 unspecified atom stereocenters. The van der Waals surface area contributed by atoms with Crippen molar-refractivity contribution in [1.29, 1.82) is 0 Å². The van der Waals surface area contributed by atoms with E-state index in [4.69, 9.17) is 38.8 Å². The first-order valence-corrected chi connectivity index (χ1v) is 11.0. The number of hydrogen-bond acceptors (Lipinski definition) is 6. The molecule has 1 aliphatic heterocycles. The normalized spacial score (nSPS) is 14.5. The van der Waals surface area contributed by atoms with Gasteiger partial charge in [-0.2, -0.15) is 4.98 Å². The van der Waals surface area contributed by atoms with E-state index in [0.717, 1.165) is 51.3 Å². The molecule has 168 valence electrons. The Kier molecular flexibility index (Phi) is 8.45. The van der Waals surface area contributed by atoms with Gasteiger partial charge in [0, 0.05) is 44.4 Å². The Labute approximate surface area is 191 Å². The Morgan fingerprint density at radius 1 is 1.16 bits per heavy atom. The van der Waals surface area contributed by atoms with Gasteiger partial charge in [0.1, 0.15) is 5.82 Å². The number of carboxylic acid groups (broad SMARTS) is 1. The molecule has 1 saturated heterocycles. The zero-order valence-corrected chi connectivity index (χ0v) is 18.7. The molecular weight excluding hydrogens is 441 g/mol. The molecule has 1 aromatic carbocycles. The molecule has 2 aromatic rings. The molecule has 0 bridgehead atoms. The Morgan fingerprint density at radius 3 is 2.65 bits per heavy atom. The fraction of sp³-hybridized carbons (Fsp3) is 0.429. The third-order valence-corrected chi connectivity index (χ3v) is 5.99. The monoisotopic (exact) mass is 467 g/mol. The summed E-state index contributed by atoms with van der Waals surface area (Å²) in [6.07, 6.45) is 0.826. The molecule has 2 heterocycles. The van der Waals surface area contributed by atoms with E-state index in [9.17, 15) is 4.79 Å². The zero-order valence-electron chi connectivity index (χ0n) is 17.2. The van der Waals surface area contributed by atoms with Crippen LogP contribution >= 0.6 is 23.2 Å². The number of nitrogens with zero attached hydrogens (tertiary/aromatic N) is 3. The Hall–Kier alpha value is -2.42.